The zero-order chi connectivity index (χ0) is 19.1. The van der Waals surface area contributed by atoms with Gasteiger partial charge in [-0.2, -0.15) is 5.10 Å². The number of aromatic amines is 1. The maximum absolute atomic E-state index is 12.4. The summed E-state index contributed by atoms with van der Waals surface area (Å²) in [5.74, 6) is 0.383. The number of nitrogens with one attached hydrogen (secondary N) is 2. The Morgan fingerprint density at radius 1 is 1.50 bits per heavy atom. The lowest BCUT2D eigenvalue weighted by molar-refractivity contribution is 0.0953. The van der Waals surface area contributed by atoms with Crippen molar-refractivity contribution in [1.82, 2.24) is 10.4 Å². The van der Waals surface area contributed by atoms with Crippen LogP contribution in [-0.4, -0.2) is 35.4 Å². The first-order valence-corrected chi connectivity index (χ1v) is 9.43. The van der Waals surface area contributed by atoms with Crippen LogP contribution in [0.1, 0.15) is 22.2 Å². The number of aromatic hydroxyl groups is 1. The van der Waals surface area contributed by atoms with E-state index in [2.05, 4.69) is 38.0 Å². The Labute approximate surface area is 167 Å². The van der Waals surface area contributed by atoms with Gasteiger partial charge in [0.05, 0.1) is 18.4 Å². The van der Waals surface area contributed by atoms with Gasteiger partial charge >= 0.3 is 0 Å². The summed E-state index contributed by atoms with van der Waals surface area (Å²) in [5.41, 5.74) is 2.71. The highest BCUT2D eigenvalue weighted by molar-refractivity contribution is 9.10. The van der Waals surface area contributed by atoms with Crippen molar-refractivity contribution in [3.63, 3.8) is 0 Å². The number of halogens is 1. The number of H-pyrrole nitrogens is 1. The summed E-state index contributed by atoms with van der Waals surface area (Å²) in [6, 6.07) is 3.21. The quantitative estimate of drug-likeness (QED) is 0.241. The summed E-state index contributed by atoms with van der Waals surface area (Å²) >= 11 is 9.40. The molecule has 1 aromatic heterocycles. The molecule has 0 spiro atoms. The second-order valence-electron chi connectivity index (χ2n) is 4.74. The smallest absolute Gasteiger partial charge is 0.272 e. The van der Waals surface area contributed by atoms with Crippen LogP contribution in [0.2, 0.25) is 0 Å². The number of ether oxygens (including phenoxy) is 2. The molecule has 0 aliphatic rings. The van der Waals surface area contributed by atoms with Gasteiger partial charge in [-0.1, -0.05) is 24.0 Å². The first-order chi connectivity index (χ1) is 12.5. The topological polar surface area (TPSA) is 95.9 Å². The molecule has 0 unspecified atom stereocenters. The van der Waals surface area contributed by atoms with Gasteiger partial charge in [-0.3, -0.25) is 4.79 Å². The summed E-state index contributed by atoms with van der Waals surface area (Å²) in [4.78, 5) is 15.4. The molecule has 0 saturated carbocycles. The van der Waals surface area contributed by atoms with Crippen molar-refractivity contribution < 1.29 is 19.4 Å². The minimum absolute atomic E-state index is 0.0958. The molecule has 0 aliphatic heterocycles. The fraction of sp³-hybridized carbons (Fsp3) is 0.188. The lowest BCUT2D eigenvalue weighted by atomic mass is 10.2. The molecule has 7 nitrogen and oxygen atoms in total. The lowest BCUT2D eigenvalue weighted by Gasteiger charge is -2.13. The molecule has 2 rings (SSSR count). The molecule has 0 fully saturated rings. The standard InChI is InChI=1S/C16H16BrN3O4S2/c1-3-5-24-12-7-10(17)9(6-11(12)23-4-2)14(21)20-18-8-13-15(22)19-16(25)26-13/h3,6-8,22H,1,4-5H2,2H3,(H,19,25)(H,20,21). The average Bonchev–Trinajstić information content (AvgIpc) is 2.92. The summed E-state index contributed by atoms with van der Waals surface area (Å²) in [5, 5.41) is 13.4. The number of amides is 1. The zero-order valence-corrected chi connectivity index (χ0v) is 17.0. The van der Waals surface area contributed by atoms with Crippen molar-refractivity contribution in [2.75, 3.05) is 13.2 Å². The van der Waals surface area contributed by atoms with Crippen molar-refractivity contribution in [3.05, 3.63) is 43.7 Å². The van der Waals surface area contributed by atoms with E-state index in [0.717, 1.165) is 11.3 Å². The molecule has 26 heavy (non-hydrogen) atoms. The van der Waals surface area contributed by atoms with Gasteiger partial charge in [0, 0.05) is 4.47 Å². The van der Waals surface area contributed by atoms with E-state index in [9.17, 15) is 9.90 Å². The van der Waals surface area contributed by atoms with Crippen LogP contribution in [0, 0.1) is 3.95 Å². The molecule has 0 atom stereocenters. The maximum atomic E-state index is 12.4. The predicted molar refractivity (Wildman–Crippen MR) is 107 cm³/mol. The van der Waals surface area contributed by atoms with E-state index in [1.165, 1.54) is 6.21 Å². The van der Waals surface area contributed by atoms with E-state index in [1.54, 1.807) is 18.2 Å². The lowest BCUT2D eigenvalue weighted by Crippen LogP contribution is -2.18. The number of carbonyl (C=O) groups is 1. The number of carbonyl (C=O) groups excluding carboxylic acids is 1. The monoisotopic (exact) mass is 457 g/mol. The minimum Gasteiger partial charge on any atom is -0.494 e. The Balaban J connectivity index is 2.19. The molecule has 0 saturated heterocycles. The molecule has 10 heteroatoms. The van der Waals surface area contributed by atoms with Crippen LogP contribution in [0.5, 0.6) is 17.4 Å². The number of hydrazone groups is 1. The van der Waals surface area contributed by atoms with Crippen molar-refractivity contribution in [2.45, 2.75) is 6.92 Å². The predicted octanol–water partition coefficient (Wildman–Crippen LogP) is 4.00. The molecular formula is C16H16BrN3O4S2. The minimum atomic E-state index is -0.456. The fourth-order valence-electron chi connectivity index (χ4n) is 1.87. The van der Waals surface area contributed by atoms with Crippen molar-refractivity contribution >= 4 is 51.6 Å². The van der Waals surface area contributed by atoms with E-state index in [-0.39, 0.29) is 5.88 Å². The van der Waals surface area contributed by atoms with Crippen LogP contribution in [-0.2, 0) is 0 Å². The van der Waals surface area contributed by atoms with Gasteiger partial charge < -0.3 is 19.6 Å². The molecule has 0 bridgehead atoms. The molecule has 1 heterocycles. The molecule has 0 aliphatic carbocycles. The van der Waals surface area contributed by atoms with Gasteiger partial charge in [0.2, 0.25) is 5.88 Å². The second kappa shape index (κ2) is 9.51. The van der Waals surface area contributed by atoms with Gasteiger partial charge in [-0.15, -0.1) is 0 Å². The Bertz CT molecular complexity index is 892. The first-order valence-electron chi connectivity index (χ1n) is 7.41. The van der Waals surface area contributed by atoms with Gasteiger partial charge in [-0.25, -0.2) is 5.43 Å². The molecule has 138 valence electrons. The largest absolute Gasteiger partial charge is 0.494 e. The highest BCUT2D eigenvalue weighted by atomic mass is 79.9. The van der Waals surface area contributed by atoms with Crippen LogP contribution in [0.4, 0.5) is 0 Å². The summed E-state index contributed by atoms with van der Waals surface area (Å²) in [6.07, 6.45) is 2.92. The highest BCUT2D eigenvalue weighted by Crippen LogP contribution is 2.34. The van der Waals surface area contributed by atoms with Crippen molar-refractivity contribution in [2.24, 2.45) is 5.10 Å². The van der Waals surface area contributed by atoms with E-state index >= 15 is 0 Å². The number of hydrogen-bond donors (Lipinski definition) is 3. The molecule has 0 radical (unpaired) electrons. The zero-order valence-electron chi connectivity index (χ0n) is 13.7. The Morgan fingerprint density at radius 2 is 2.23 bits per heavy atom. The number of rotatable bonds is 8. The van der Waals surface area contributed by atoms with E-state index in [0.29, 0.717) is 43.6 Å². The summed E-state index contributed by atoms with van der Waals surface area (Å²) in [7, 11) is 0. The van der Waals surface area contributed by atoms with E-state index in [1.807, 2.05) is 6.92 Å². The van der Waals surface area contributed by atoms with E-state index in [4.69, 9.17) is 21.7 Å². The van der Waals surface area contributed by atoms with Crippen molar-refractivity contribution in [1.29, 1.82) is 0 Å². The number of hydrogen-bond acceptors (Lipinski definition) is 7. The SMILES string of the molecule is C=CCOc1cc(Br)c(C(=O)NN=Cc2sc(=S)[nH]c2O)cc1OCC. The molecule has 3 N–H and O–H groups in total. The number of aromatic nitrogens is 1. The van der Waals surface area contributed by atoms with Gasteiger partial charge in [-0.05, 0) is 47.2 Å². The highest BCUT2D eigenvalue weighted by Gasteiger charge is 2.16. The van der Waals surface area contributed by atoms with Crippen LogP contribution < -0.4 is 14.9 Å². The second-order valence-corrected chi connectivity index (χ2v) is 7.31. The summed E-state index contributed by atoms with van der Waals surface area (Å²) in [6.45, 7) is 6.17. The van der Waals surface area contributed by atoms with Gasteiger partial charge in [0.25, 0.3) is 5.91 Å². The third-order valence-electron chi connectivity index (χ3n) is 2.94. The normalized spacial score (nSPS) is 10.7. The Morgan fingerprint density at radius 3 is 2.85 bits per heavy atom. The number of nitrogens with zero attached hydrogens (tertiary/aromatic N) is 1. The fourth-order valence-corrected chi connectivity index (χ4v) is 3.34. The number of thiazole rings is 1. The third kappa shape index (κ3) is 5.16. The molecule has 2 aromatic rings. The van der Waals surface area contributed by atoms with Crippen LogP contribution in [0.3, 0.4) is 0 Å². The average molecular weight is 458 g/mol. The van der Waals surface area contributed by atoms with E-state index < -0.39 is 5.91 Å². The maximum Gasteiger partial charge on any atom is 0.272 e. The van der Waals surface area contributed by atoms with Crippen LogP contribution in [0.25, 0.3) is 0 Å². The van der Waals surface area contributed by atoms with Crippen molar-refractivity contribution in [3.8, 4) is 17.4 Å². The van der Waals surface area contributed by atoms with Gasteiger partial charge in [0.1, 0.15) is 11.5 Å². The Kier molecular flexibility index (Phi) is 7.37. The number of benzene rings is 1. The first kappa shape index (κ1) is 20.1. The summed E-state index contributed by atoms with van der Waals surface area (Å²) < 4.78 is 12.0. The van der Waals surface area contributed by atoms with Gasteiger partial charge in [0.15, 0.2) is 15.5 Å². The third-order valence-corrected chi connectivity index (χ3v) is 4.75. The molecular weight excluding hydrogens is 442 g/mol. The molecule has 1 amide bonds. The van der Waals surface area contributed by atoms with Crippen LogP contribution >= 0.6 is 39.5 Å². The van der Waals surface area contributed by atoms with Crippen LogP contribution in [0.15, 0.2) is 34.4 Å². The molecule has 1 aromatic carbocycles. The Hall–Kier alpha value is -2.17.